The number of anilines is 2. The van der Waals surface area contributed by atoms with Gasteiger partial charge in [-0.25, -0.2) is 9.97 Å². The minimum Gasteiger partial charge on any atom is -0.497 e. The smallest absolute Gasteiger partial charge is 0.259 e. The summed E-state index contributed by atoms with van der Waals surface area (Å²) < 4.78 is 10.2. The van der Waals surface area contributed by atoms with E-state index >= 15 is 0 Å². The third kappa shape index (κ3) is 3.32. The normalized spacial score (nSPS) is 10.0. The summed E-state index contributed by atoms with van der Waals surface area (Å²) in [6.07, 6.45) is 1.24. The number of nitrogens with zero attached hydrogens (tertiary/aromatic N) is 2. The van der Waals surface area contributed by atoms with Gasteiger partial charge < -0.3 is 20.5 Å². The molecule has 7 nitrogen and oxygen atoms in total. The van der Waals surface area contributed by atoms with Gasteiger partial charge in [0.1, 0.15) is 28.8 Å². The van der Waals surface area contributed by atoms with Crippen LogP contribution in [0.5, 0.6) is 11.5 Å². The van der Waals surface area contributed by atoms with Gasteiger partial charge in [0.2, 0.25) is 0 Å². The van der Waals surface area contributed by atoms with Crippen LogP contribution < -0.4 is 20.5 Å². The fraction of sp³-hybridized carbons (Fsp3) is 0.154. The van der Waals surface area contributed by atoms with Gasteiger partial charge in [0.15, 0.2) is 0 Å². The topological polar surface area (TPSA) is 99.4 Å². The van der Waals surface area contributed by atoms with E-state index in [1.165, 1.54) is 32.7 Å². The Morgan fingerprint density at radius 2 is 2.00 bits per heavy atom. The Hall–Kier alpha value is -2.54. The molecule has 0 atom stereocenters. The molecule has 1 aromatic carbocycles. The molecular formula is C13H13ClN4O3. The Labute approximate surface area is 126 Å². The van der Waals surface area contributed by atoms with E-state index in [4.69, 9.17) is 26.8 Å². The summed E-state index contributed by atoms with van der Waals surface area (Å²) in [6, 6.07) is 4.52. The van der Waals surface area contributed by atoms with Crippen LogP contribution >= 0.6 is 11.6 Å². The lowest BCUT2D eigenvalue weighted by Crippen LogP contribution is -2.15. The highest BCUT2D eigenvalue weighted by Gasteiger charge is 2.16. The summed E-state index contributed by atoms with van der Waals surface area (Å²) in [4.78, 5) is 19.9. The van der Waals surface area contributed by atoms with Crippen molar-refractivity contribution < 1.29 is 14.3 Å². The van der Waals surface area contributed by atoms with Crippen LogP contribution in [-0.4, -0.2) is 30.1 Å². The van der Waals surface area contributed by atoms with Crippen LogP contribution in [0, 0.1) is 0 Å². The maximum Gasteiger partial charge on any atom is 0.259 e. The molecular weight excluding hydrogens is 296 g/mol. The first-order valence-electron chi connectivity index (χ1n) is 5.85. The standard InChI is InChI=1S/C13H13ClN4O3/c1-20-7-3-8(12(15)9(4-7)21-2)13(19)18-11-5-10(14)16-6-17-11/h3-6H,15H2,1-2H3,(H,16,17,18,19). The van der Waals surface area contributed by atoms with E-state index in [2.05, 4.69) is 15.3 Å². The van der Waals surface area contributed by atoms with Gasteiger partial charge in [-0.05, 0) is 6.07 Å². The van der Waals surface area contributed by atoms with E-state index in [1.807, 2.05) is 0 Å². The quantitative estimate of drug-likeness (QED) is 0.662. The number of rotatable bonds is 4. The second kappa shape index (κ2) is 6.27. The minimum atomic E-state index is -0.459. The zero-order valence-corrected chi connectivity index (χ0v) is 12.1. The minimum absolute atomic E-state index is 0.205. The lowest BCUT2D eigenvalue weighted by atomic mass is 10.1. The lowest BCUT2D eigenvalue weighted by Gasteiger charge is -2.12. The maximum absolute atomic E-state index is 12.3. The molecule has 2 rings (SSSR count). The number of methoxy groups -OCH3 is 2. The number of carbonyl (C=O) groups is 1. The number of amides is 1. The first-order valence-corrected chi connectivity index (χ1v) is 6.23. The van der Waals surface area contributed by atoms with Crippen molar-refractivity contribution in [2.24, 2.45) is 0 Å². The van der Waals surface area contributed by atoms with Crippen molar-refractivity contribution in [3.05, 3.63) is 35.2 Å². The van der Waals surface area contributed by atoms with Gasteiger partial charge in [-0.15, -0.1) is 0 Å². The van der Waals surface area contributed by atoms with Crippen molar-refractivity contribution in [3.63, 3.8) is 0 Å². The third-order valence-electron chi connectivity index (χ3n) is 2.69. The van der Waals surface area contributed by atoms with Crippen molar-refractivity contribution in [1.82, 2.24) is 9.97 Å². The van der Waals surface area contributed by atoms with Crippen molar-refractivity contribution in [2.45, 2.75) is 0 Å². The average molecular weight is 309 g/mol. The van der Waals surface area contributed by atoms with Gasteiger partial charge in [0.25, 0.3) is 5.91 Å². The highest BCUT2D eigenvalue weighted by atomic mass is 35.5. The Balaban J connectivity index is 2.34. The molecule has 110 valence electrons. The summed E-state index contributed by atoms with van der Waals surface area (Å²) in [5.41, 5.74) is 6.32. The van der Waals surface area contributed by atoms with Crippen molar-refractivity contribution in [2.75, 3.05) is 25.3 Å². The van der Waals surface area contributed by atoms with E-state index in [0.717, 1.165) is 0 Å². The summed E-state index contributed by atoms with van der Waals surface area (Å²) in [6.45, 7) is 0. The Kier molecular flexibility index (Phi) is 4.44. The molecule has 0 saturated heterocycles. The molecule has 0 radical (unpaired) electrons. The van der Waals surface area contributed by atoms with Gasteiger partial charge in [0, 0.05) is 12.1 Å². The molecule has 0 saturated carbocycles. The van der Waals surface area contributed by atoms with Crippen molar-refractivity contribution in [3.8, 4) is 11.5 Å². The molecule has 3 N–H and O–H groups in total. The van der Waals surface area contributed by atoms with E-state index < -0.39 is 5.91 Å². The molecule has 0 aliphatic carbocycles. The maximum atomic E-state index is 12.3. The number of carbonyl (C=O) groups excluding carboxylic acids is 1. The van der Waals surface area contributed by atoms with Gasteiger partial charge >= 0.3 is 0 Å². The highest BCUT2D eigenvalue weighted by molar-refractivity contribution is 6.29. The molecule has 8 heteroatoms. The summed E-state index contributed by atoms with van der Waals surface area (Å²) >= 11 is 5.73. The highest BCUT2D eigenvalue weighted by Crippen LogP contribution is 2.31. The average Bonchev–Trinajstić information content (AvgIpc) is 2.47. The first kappa shape index (κ1) is 14.9. The van der Waals surface area contributed by atoms with Gasteiger partial charge in [-0.1, -0.05) is 11.6 Å². The summed E-state index contributed by atoms with van der Waals surface area (Å²) in [5.74, 6) is 0.604. The van der Waals surface area contributed by atoms with Crippen LogP contribution in [-0.2, 0) is 0 Å². The van der Waals surface area contributed by atoms with Crippen molar-refractivity contribution >= 4 is 29.0 Å². The Bertz CT molecular complexity index is 678. The van der Waals surface area contributed by atoms with Crippen LogP contribution in [0.1, 0.15) is 10.4 Å². The number of aromatic nitrogens is 2. The van der Waals surface area contributed by atoms with E-state index in [0.29, 0.717) is 11.5 Å². The number of ether oxygens (including phenoxy) is 2. The second-order valence-electron chi connectivity index (χ2n) is 3.97. The van der Waals surface area contributed by atoms with Gasteiger partial charge in [-0.3, -0.25) is 4.79 Å². The predicted octanol–water partition coefficient (Wildman–Crippen LogP) is 1.98. The van der Waals surface area contributed by atoms with E-state index in [-0.39, 0.29) is 22.2 Å². The number of hydrogen-bond donors (Lipinski definition) is 2. The summed E-state index contributed by atoms with van der Waals surface area (Å²) in [7, 11) is 2.94. The van der Waals surface area contributed by atoms with E-state index in [9.17, 15) is 4.79 Å². The Morgan fingerprint density at radius 3 is 2.62 bits per heavy atom. The second-order valence-corrected chi connectivity index (χ2v) is 4.36. The van der Waals surface area contributed by atoms with Crippen LogP contribution in [0.15, 0.2) is 24.5 Å². The number of nitrogens with two attached hydrogens (primary N) is 1. The molecule has 1 aromatic heterocycles. The van der Waals surface area contributed by atoms with Crippen LogP contribution in [0.2, 0.25) is 5.15 Å². The third-order valence-corrected chi connectivity index (χ3v) is 2.90. The molecule has 0 unspecified atom stereocenters. The predicted molar refractivity (Wildman–Crippen MR) is 79.0 cm³/mol. The lowest BCUT2D eigenvalue weighted by molar-refractivity contribution is 0.102. The zero-order chi connectivity index (χ0) is 15.4. The van der Waals surface area contributed by atoms with Crippen LogP contribution in [0.4, 0.5) is 11.5 Å². The fourth-order valence-electron chi connectivity index (χ4n) is 1.66. The molecule has 0 aliphatic rings. The molecule has 0 spiro atoms. The van der Waals surface area contributed by atoms with Crippen molar-refractivity contribution in [1.29, 1.82) is 0 Å². The largest absolute Gasteiger partial charge is 0.497 e. The summed E-state index contributed by atoms with van der Waals surface area (Å²) in [5, 5.41) is 2.80. The monoisotopic (exact) mass is 308 g/mol. The Morgan fingerprint density at radius 1 is 1.24 bits per heavy atom. The van der Waals surface area contributed by atoms with E-state index in [1.54, 1.807) is 6.07 Å². The number of benzene rings is 1. The van der Waals surface area contributed by atoms with Gasteiger partial charge in [-0.2, -0.15) is 0 Å². The molecule has 0 fully saturated rings. The number of hydrogen-bond acceptors (Lipinski definition) is 6. The molecule has 1 heterocycles. The van der Waals surface area contributed by atoms with Crippen LogP contribution in [0.25, 0.3) is 0 Å². The molecule has 2 aromatic rings. The molecule has 0 aliphatic heterocycles. The molecule has 1 amide bonds. The van der Waals surface area contributed by atoms with Crippen LogP contribution in [0.3, 0.4) is 0 Å². The number of nitrogens with one attached hydrogen (secondary N) is 1. The first-order chi connectivity index (χ1) is 10.0. The fourth-order valence-corrected chi connectivity index (χ4v) is 1.81. The molecule has 21 heavy (non-hydrogen) atoms. The number of nitrogen functional groups attached to an aromatic ring is 1. The number of halogens is 1. The SMILES string of the molecule is COc1cc(OC)c(N)c(C(=O)Nc2cc(Cl)ncn2)c1. The van der Waals surface area contributed by atoms with Gasteiger partial charge in [0.05, 0.1) is 25.5 Å². The molecule has 0 bridgehead atoms. The zero-order valence-electron chi connectivity index (χ0n) is 11.4.